The summed E-state index contributed by atoms with van der Waals surface area (Å²) in [5.41, 5.74) is 4.24. The highest BCUT2D eigenvalue weighted by Crippen LogP contribution is 2.25. The second kappa shape index (κ2) is 8.36. The van der Waals surface area contributed by atoms with E-state index < -0.39 is 0 Å². The van der Waals surface area contributed by atoms with Gasteiger partial charge >= 0.3 is 0 Å². The zero-order valence-corrected chi connectivity index (χ0v) is 15.5. The van der Waals surface area contributed by atoms with Crippen LogP contribution in [0, 0.1) is 11.8 Å². The fourth-order valence-corrected chi connectivity index (χ4v) is 3.74. The van der Waals surface area contributed by atoms with Gasteiger partial charge in [0.1, 0.15) is 0 Å². The summed E-state index contributed by atoms with van der Waals surface area (Å²) in [6.07, 6.45) is 3.92. The van der Waals surface area contributed by atoms with Gasteiger partial charge in [0, 0.05) is 12.4 Å². The highest BCUT2D eigenvalue weighted by atomic mass is 35.5. The Bertz CT molecular complexity index is 461. The van der Waals surface area contributed by atoms with Gasteiger partial charge in [0.25, 0.3) is 0 Å². The standard InChI is InChI=1S/C20H32ClN/c1-15(2)20-12-18(13-21)5-6-19(20)11-17(4)14-22-9-7-16(3)8-10-22/h5-6,12,15-17H,7-11,13-14H2,1-4H3. The molecule has 1 atom stereocenters. The van der Waals surface area contributed by atoms with Crippen molar-refractivity contribution >= 4 is 11.6 Å². The Morgan fingerprint density at radius 2 is 1.86 bits per heavy atom. The lowest BCUT2D eigenvalue weighted by Crippen LogP contribution is -2.36. The van der Waals surface area contributed by atoms with E-state index in [0.717, 1.165) is 5.92 Å². The third-order valence-corrected chi connectivity index (χ3v) is 5.31. The second-order valence-corrected chi connectivity index (χ2v) is 7.88. The predicted molar refractivity (Wildman–Crippen MR) is 97.8 cm³/mol. The van der Waals surface area contributed by atoms with Crippen LogP contribution in [0.5, 0.6) is 0 Å². The van der Waals surface area contributed by atoms with E-state index in [2.05, 4.69) is 50.8 Å². The molecule has 0 amide bonds. The molecule has 1 heterocycles. The summed E-state index contributed by atoms with van der Waals surface area (Å²) in [5, 5.41) is 0. The van der Waals surface area contributed by atoms with E-state index >= 15 is 0 Å². The SMILES string of the molecule is CC1CCN(CC(C)Cc2ccc(CCl)cc2C(C)C)CC1. The van der Waals surface area contributed by atoms with Crippen molar-refractivity contribution in [3.05, 3.63) is 34.9 Å². The summed E-state index contributed by atoms with van der Waals surface area (Å²) in [6, 6.07) is 6.81. The number of halogens is 1. The van der Waals surface area contributed by atoms with Crippen LogP contribution in [0.15, 0.2) is 18.2 Å². The van der Waals surface area contributed by atoms with E-state index in [1.807, 2.05) is 0 Å². The van der Waals surface area contributed by atoms with Crippen molar-refractivity contribution in [1.29, 1.82) is 0 Å². The summed E-state index contributed by atoms with van der Waals surface area (Å²) in [5.74, 6) is 2.82. The number of piperidine rings is 1. The first kappa shape index (κ1) is 17.8. The van der Waals surface area contributed by atoms with Crippen LogP contribution < -0.4 is 0 Å². The lowest BCUT2D eigenvalue weighted by molar-refractivity contribution is 0.170. The highest BCUT2D eigenvalue weighted by Gasteiger charge is 2.18. The van der Waals surface area contributed by atoms with Crippen molar-refractivity contribution < 1.29 is 0 Å². The minimum absolute atomic E-state index is 0.571. The van der Waals surface area contributed by atoms with Crippen LogP contribution >= 0.6 is 11.6 Å². The topological polar surface area (TPSA) is 3.24 Å². The van der Waals surface area contributed by atoms with Crippen molar-refractivity contribution in [2.45, 2.75) is 58.8 Å². The van der Waals surface area contributed by atoms with Gasteiger partial charge < -0.3 is 4.90 Å². The minimum atomic E-state index is 0.571. The van der Waals surface area contributed by atoms with Crippen LogP contribution in [0.4, 0.5) is 0 Å². The van der Waals surface area contributed by atoms with Gasteiger partial charge in [-0.3, -0.25) is 0 Å². The third-order valence-electron chi connectivity index (χ3n) is 5.00. The molecular weight excluding hydrogens is 290 g/mol. The maximum Gasteiger partial charge on any atom is 0.0474 e. The van der Waals surface area contributed by atoms with Crippen molar-refractivity contribution in [2.75, 3.05) is 19.6 Å². The predicted octanol–water partition coefficient (Wildman–Crippen LogP) is 5.46. The summed E-state index contributed by atoms with van der Waals surface area (Å²) in [4.78, 5) is 2.66. The fraction of sp³-hybridized carbons (Fsp3) is 0.700. The Kier molecular flexibility index (Phi) is 6.77. The molecule has 2 heteroatoms. The zero-order valence-electron chi connectivity index (χ0n) is 14.7. The second-order valence-electron chi connectivity index (χ2n) is 7.61. The molecule has 1 aromatic carbocycles. The molecule has 0 bridgehead atoms. The Hall–Kier alpha value is -0.530. The molecule has 0 aliphatic carbocycles. The van der Waals surface area contributed by atoms with Crippen molar-refractivity contribution in [3.8, 4) is 0 Å². The molecular formula is C20H32ClN. The first-order chi connectivity index (χ1) is 10.5. The molecule has 1 unspecified atom stereocenters. The van der Waals surface area contributed by atoms with E-state index in [0.29, 0.717) is 17.7 Å². The third kappa shape index (κ3) is 4.99. The van der Waals surface area contributed by atoms with Crippen molar-refractivity contribution in [3.63, 3.8) is 0 Å². The molecule has 0 N–H and O–H groups in total. The molecule has 1 fully saturated rings. The van der Waals surface area contributed by atoms with Gasteiger partial charge in [-0.2, -0.15) is 0 Å². The summed E-state index contributed by atoms with van der Waals surface area (Å²) in [6.45, 7) is 13.2. The summed E-state index contributed by atoms with van der Waals surface area (Å²) < 4.78 is 0. The highest BCUT2D eigenvalue weighted by molar-refractivity contribution is 6.17. The van der Waals surface area contributed by atoms with E-state index in [1.165, 1.54) is 55.6 Å². The number of alkyl halides is 1. The Labute approximate surface area is 142 Å². The molecule has 0 saturated carbocycles. The molecule has 1 saturated heterocycles. The molecule has 2 rings (SSSR count). The first-order valence-electron chi connectivity index (χ1n) is 8.89. The number of nitrogens with zero attached hydrogens (tertiary/aromatic N) is 1. The average Bonchev–Trinajstić information content (AvgIpc) is 2.49. The monoisotopic (exact) mass is 321 g/mol. The van der Waals surface area contributed by atoms with E-state index in [4.69, 9.17) is 11.6 Å². The van der Waals surface area contributed by atoms with Gasteiger partial charge in [-0.1, -0.05) is 45.9 Å². The molecule has 0 spiro atoms. The Morgan fingerprint density at radius 1 is 1.18 bits per heavy atom. The Morgan fingerprint density at radius 3 is 2.45 bits per heavy atom. The molecule has 1 nitrogen and oxygen atoms in total. The lowest BCUT2D eigenvalue weighted by atomic mass is 9.89. The number of benzene rings is 1. The average molecular weight is 322 g/mol. The smallest absolute Gasteiger partial charge is 0.0474 e. The molecule has 22 heavy (non-hydrogen) atoms. The maximum absolute atomic E-state index is 6.00. The molecule has 1 aromatic rings. The van der Waals surface area contributed by atoms with Crippen molar-refractivity contribution in [1.82, 2.24) is 4.90 Å². The van der Waals surface area contributed by atoms with E-state index in [-0.39, 0.29) is 0 Å². The number of hydrogen-bond acceptors (Lipinski definition) is 1. The van der Waals surface area contributed by atoms with Gasteiger partial charge in [0.05, 0.1) is 0 Å². The first-order valence-corrected chi connectivity index (χ1v) is 9.43. The molecule has 0 radical (unpaired) electrons. The summed E-state index contributed by atoms with van der Waals surface area (Å²) in [7, 11) is 0. The van der Waals surface area contributed by atoms with Crippen LogP contribution in [0.25, 0.3) is 0 Å². The molecule has 1 aliphatic rings. The zero-order chi connectivity index (χ0) is 16.1. The number of hydrogen-bond donors (Lipinski definition) is 0. The van der Waals surface area contributed by atoms with Gasteiger partial charge in [0.2, 0.25) is 0 Å². The van der Waals surface area contributed by atoms with Crippen molar-refractivity contribution in [2.24, 2.45) is 11.8 Å². The van der Waals surface area contributed by atoms with Gasteiger partial charge in [-0.15, -0.1) is 11.6 Å². The molecule has 1 aliphatic heterocycles. The number of rotatable bonds is 6. The van der Waals surface area contributed by atoms with Gasteiger partial charge in [-0.05, 0) is 66.8 Å². The minimum Gasteiger partial charge on any atom is -0.303 e. The number of likely N-dealkylation sites (tertiary alicyclic amines) is 1. The normalized spacial score (nSPS) is 18.8. The molecule has 124 valence electrons. The van der Waals surface area contributed by atoms with Crippen LogP contribution in [-0.4, -0.2) is 24.5 Å². The van der Waals surface area contributed by atoms with Crippen LogP contribution in [0.1, 0.15) is 63.1 Å². The maximum atomic E-state index is 6.00. The fourth-order valence-electron chi connectivity index (χ4n) is 3.58. The van der Waals surface area contributed by atoms with Gasteiger partial charge in [-0.25, -0.2) is 0 Å². The quantitative estimate of drug-likeness (QED) is 0.629. The molecule has 0 aromatic heterocycles. The van der Waals surface area contributed by atoms with Gasteiger partial charge in [0.15, 0.2) is 0 Å². The van der Waals surface area contributed by atoms with Crippen LogP contribution in [0.2, 0.25) is 0 Å². The summed E-state index contributed by atoms with van der Waals surface area (Å²) >= 11 is 6.00. The Balaban J connectivity index is 1.97. The van der Waals surface area contributed by atoms with E-state index in [1.54, 1.807) is 0 Å². The van der Waals surface area contributed by atoms with Crippen LogP contribution in [0.3, 0.4) is 0 Å². The van der Waals surface area contributed by atoms with Crippen LogP contribution in [-0.2, 0) is 12.3 Å². The largest absolute Gasteiger partial charge is 0.303 e. The lowest BCUT2D eigenvalue weighted by Gasteiger charge is -2.32. The van der Waals surface area contributed by atoms with E-state index in [9.17, 15) is 0 Å².